The number of hydrogen-bond acceptors (Lipinski definition) is 4. The van der Waals surface area contributed by atoms with Crippen LogP contribution in [0.2, 0.25) is 0 Å². The summed E-state index contributed by atoms with van der Waals surface area (Å²) >= 11 is 0. The van der Waals surface area contributed by atoms with Crippen LogP contribution in [0.5, 0.6) is 0 Å². The number of ether oxygens (including phenoxy) is 1. The van der Waals surface area contributed by atoms with Gasteiger partial charge in [0, 0.05) is 32.2 Å². The number of benzene rings is 1. The van der Waals surface area contributed by atoms with Crippen LogP contribution in [0.25, 0.3) is 0 Å². The van der Waals surface area contributed by atoms with Crippen LogP contribution in [0, 0.1) is 0 Å². The largest absolute Gasteiger partial charge is 0.445 e. The Labute approximate surface area is 133 Å². The van der Waals surface area contributed by atoms with Gasteiger partial charge in [-0.25, -0.2) is 4.79 Å². The van der Waals surface area contributed by atoms with Crippen molar-refractivity contribution in [3.05, 3.63) is 35.9 Å². The summed E-state index contributed by atoms with van der Waals surface area (Å²) in [5.74, 6) is 0. The van der Waals surface area contributed by atoms with E-state index >= 15 is 0 Å². The normalized spacial score (nSPS) is 18.0. The van der Waals surface area contributed by atoms with E-state index in [1.807, 2.05) is 35.2 Å². The number of nitrogens with two attached hydrogens (primary N) is 1. The number of carbonyl (C=O) groups is 1. The smallest absolute Gasteiger partial charge is 0.410 e. The van der Waals surface area contributed by atoms with Crippen LogP contribution in [0.1, 0.15) is 25.3 Å². The molecule has 5 nitrogen and oxygen atoms in total. The molecule has 1 heterocycles. The maximum Gasteiger partial charge on any atom is 0.410 e. The third kappa shape index (κ3) is 4.71. The molecule has 1 aromatic rings. The van der Waals surface area contributed by atoms with Gasteiger partial charge in [0.1, 0.15) is 6.61 Å². The van der Waals surface area contributed by atoms with E-state index in [2.05, 4.69) is 11.8 Å². The van der Waals surface area contributed by atoms with Crippen molar-refractivity contribution in [3.63, 3.8) is 0 Å². The average Bonchev–Trinajstić information content (AvgIpc) is 3.01. The Bertz CT molecular complexity index is 452. The standard InChI is InChI=1S/C17H27N3O2/c1-2-19(12-10-18)13-16-9-6-11-20(16)17(21)22-14-15-7-4-3-5-8-15/h3-5,7-8,16H,2,6,9-14,18H2,1H3. The molecule has 0 saturated carbocycles. The maximum atomic E-state index is 12.3. The van der Waals surface area contributed by atoms with Gasteiger partial charge in [0.2, 0.25) is 0 Å². The number of hydrogen-bond donors (Lipinski definition) is 1. The molecule has 0 spiro atoms. The molecular weight excluding hydrogens is 278 g/mol. The quantitative estimate of drug-likeness (QED) is 0.838. The number of carbonyl (C=O) groups excluding carboxylic acids is 1. The first-order chi connectivity index (χ1) is 10.7. The van der Waals surface area contributed by atoms with Gasteiger partial charge in [0.25, 0.3) is 0 Å². The van der Waals surface area contributed by atoms with Crippen molar-refractivity contribution in [1.82, 2.24) is 9.80 Å². The third-order valence-corrected chi connectivity index (χ3v) is 4.18. The van der Waals surface area contributed by atoms with Gasteiger partial charge in [-0.05, 0) is 24.9 Å². The molecule has 1 unspecified atom stereocenters. The van der Waals surface area contributed by atoms with Gasteiger partial charge in [-0.1, -0.05) is 37.3 Å². The minimum Gasteiger partial charge on any atom is -0.445 e. The first kappa shape index (κ1) is 16.8. The van der Waals surface area contributed by atoms with Crippen LogP contribution < -0.4 is 5.73 Å². The summed E-state index contributed by atoms with van der Waals surface area (Å²) in [4.78, 5) is 16.5. The summed E-state index contributed by atoms with van der Waals surface area (Å²) in [5.41, 5.74) is 6.66. The van der Waals surface area contributed by atoms with Crippen molar-refractivity contribution < 1.29 is 9.53 Å². The molecule has 122 valence electrons. The van der Waals surface area contributed by atoms with Crippen molar-refractivity contribution in [2.75, 3.05) is 32.7 Å². The molecule has 0 bridgehead atoms. The molecular formula is C17H27N3O2. The topological polar surface area (TPSA) is 58.8 Å². The average molecular weight is 305 g/mol. The molecule has 0 aliphatic carbocycles. The number of rotatable bonds is 7. The van der Waals surface area contributed by atoms with Gasteiger partial charge in [-0.3, -0.25) is 0 Å². The summed E-state index contributed by atoms with van der Waals surface area (Å²) in [6.07, 6.45) is 1.89. The van der Waals surface area contributed by atoms with Crippen LogP contribution in [-0.2, 0) is 11.3 Å². The van der Waals surface area contributed by atoms with E-state index in [0.29, 0.717) is 13.2 Å². The molecule has 0 radical (unpaired) electrons. The second-order valence-electron chi connectivity index (χ2n) is 5.71. The van der Waals surface area contributed by atoms with Gasteiger partial charge < -0.3 is 20.3 Å². The van der Waals surface area contributed by atoms with Gasteiger partial charge in [-0.15, -0.1) is 0 Å². The molecule has 1 atom stereocenters. The summed E-state index contributed by atoms with van der Waals surface area (Å²) in [6.45, 7) is 6.62. The lowest BCUT2D eigenvalue weighted by Gasteiger charge is -2.29. The highest BCUT2D eigenvalue weighted by Gasteiger charge is 2.30. The molecule has 2 rings (SSSR count). The van der Waals surface area contributed by atoms with Crippen molar-refractivity contribution in [2.24, 2.45) is 5.73 Å². The van der Waals surface area contributed by atoms with E-state index < -0.39 is 0 Å². The van der Waals surface area contributed by atoms with Crippen molar-refractivity contribution in [3.8, 4) is 0 Å². The monoisotopic (exact) mass is 305 g/mol. The molecule has 5 heteroatoms. The van der Waals surface area contributed by atoms with Crippen LogP contribution in [0.4, 0.5) is 4.79 Å². The van der Waals surface area contributed by atoms with E-state index in [0.717, 1.165) is 44.6 Å². The highest BCUT2D eigenvalue weighted by atomic mass is 16.6. The van der Waals surface area contributed by atoms with Crippen LogP contribution in [0.3, 0.4) is 0 Å². The van der Waals surface area contributed by atoms with Gasteiger partial charge >= 0.3 is 6.09 Å². The maximum absolute atomic E-state index is 12.3. The molecule has 1 saturated heterocycles. The highest BCUT2D eigenvalue weighted by Crippen LogP contribution is 2.19. The summed E-state index contributed by atoms with van der Waals surface area (Å²) in [7, 11) is 0. The lowest BCUT2D eigenvalue weighted by Crippen LogP contribution is -2.44. The predicted molar refractivity (Wildman–Crippen MR) is 87.5 cm³/mol. The number of amides is 1. The lowest BCUT2D eigenvalue weighted by molar-refractivity contribution is 0.0846. The molecule has 1 aliphatic rings. The van der Waals surface area contributed by atoms with Gasteiger partial charge in [0.15, 0.2) is 0 Å². The molecule has 0 aromatic heterocycles. The Morgan fingerprint density at radius 3 is 2.86 bits per heavy atom. The molecule has 2 N–H and O–H groups in total. The van der Waals surface area contributed by atoms with Crippen LogP contribution in [0.15, 0.2) is 30.3 Å². The summed E-state index contributed by atoms with van der Waals surface area (Å²) in [6, 6.07) is 10.0. The summed E-state index contributed by atoms with van der Waals surface area (Å²) in [5, 5.41) is 0. The molecule has 1 fully saturated rings. The zero-order chi connectivity index (χ0) is 15.8. The number of likely N-dealkylation sites (N-methyl/N-ethyl adjacent to an activating group) is 1. The molecule has 1 aromatic carbocycles. The van der Waals surface area contributed by atoms with E-state index in [9.17, 15) is 4.79 Å². The van der Waals surface area contributed by atoms with Crippen molar-refractivity contribution in [1.29, 1.82) is 0 Å². The fourth-order valence-corrected chi connectivity index (χ4v) is 2.93. The van der Waals surface area contributed by atoms with Gasteiger partial charge in [0.05, 0.1) is 0 Å². The van der Waals surface area contributed by atoms with Gasteiger partial charge in [-0.2, -0.15) is 0 Å². The second-order valence-corrected chi connectivity index (χ2v) is 5.71. The Hall–Kier alpha value is -1.59. The summed E-state index contributed by atoms with van der Waals surface area (Å²) < 4.78 is 5.46. The third-order valence-electron chi connectivity index (χ3n) is 4.18. The van der Waals surface area contributed by atoms with E-state index in [4.69, 9.17) is 10.5 Å². The van der Waals surface area contributed by atoms with Crippen LogP contribution >= 0.6 is 0 Å². The first-order valence-electron chi connectivity index (χ1n) is 8.14. The minimum atomic E-state index is -0.199. The minimum absolute atomic E-state index is 0.199. The van der Waals surface area contributed by atoms with Crippen molar-refractivity contribution in [2.45, 2.75) is 32.4 Å². The predicted octanol–water partition coefficient (Wildman–Crippen LogP) is 2.07. The van der Waals surface area contributed by atoms with Crippen molar-refractivity contribution >= 4 is 6.09 Å². The Balaban J connectivity index is 1.85. The fourth-order valence-electron chi connectivity index (χ4n) is 2.93. The molecule has 22 heavy (non-hydrogen) atoms. The lowest BCUT2D eigenvalue weighted by atomic mass is 10.2. The Kier molecular flexibility index (Phi) is 6.68. The highest BCUT2D eigenvalue weighted by molar-refractivity contribution is 5.68. The zero-order valence-corrected chi connectivity index (χ0v) is 13.4. The first-order valence-corrected chi connectivity index (χ1v) is 8.14. The number of likely N-dealkylation sites (tertiary alicyclic amines) is 1. The second kappa shape index (κ2) is 8.76. The number of nitrogens with zero attached hydrogens (tertiary/aromatic N) is 2. The molecule has 1 aliphatic heterocycles. The van der Waals surface area contributed by atoms with E-state index in [1.54, 1.807) is 0 Å². The van der Waals surface area contributed by atoms with E-state index in [1.165, 1.54) is 0 Å². The SMILES string of the molecule is CCN(CCN)CC1CCCN1C(=O)OCc1ccccc1. The van der Waals surface area contributed by atoms with E-state index in [-0.39, 0.29) is 12.1 Å². The Morgan fingerprint density at radius 1 is 1.41 bits per heavy atom. The fraction of sp³-hybridized carbons (Fsp3) is 0.588. The Morgan fingerprint density at radius 2 is 2.18 bits per heavy atom. The van der Waals surface area contributed by atoms with Crippen LogP contribution in [-0.4, -0.2) is 54.7 Å². The zero-order valence-electron chi connectivity index (χ0n) is 13.4. The molecule has 1 amide bonds.